The number of rotatable bonds is 3. The third-order valence-corrected chi connectivity index (χ3v) is 5.15. The number of carbonyl (C=O) groups is 1. The number of fused-ring (bicyclic) bond motifs is 1. The zero-order valence-electron chi connectivity index (χ0n) is 13.1. The minimum atomic E-state index is -0.971. The van der Waals surface area contributed by atoms with Crippen LogP contribution < -0.4 is 0 Å². The van der Waals surface area contributed by atoms with E-state index < -0.39 is 11.6 Å². The van der Waals surface area contributed by atoms with E-state index in [1.165, 1.54) is 6.08 Å². The molecule has 0 amide bonds. The predicted octanol–water partition coefficient (Wildman–Crippen LogP) is 3.42. The highest BCUT2D eigenvalue weighted by atomic mass is 16.4. The van der Waals surface area contributed by atoms with Crippen molar-refractivity contribution in [2.75, 3.05) is 0 Å². The lowest BCUT2D eigenvalue weighted by Gasteiger charge is -2.51. The Balaban J connectivity index is 2.26. The fourth-order valence-electron chi connectivity index (χ4n) is 4.29. The molecule has 2 unspecified atom stereocenters. The Kier molecular flexibility index (Phi) is 4.72. The molecule has 0 radical (unpaired) electrons. The second-order valence-corrected chi connectivity index (χ2v) is 6.86. The summed E-state index contributed by atoms with van der Waals surface area (Å²) in [6, 6.07) is 0. The van der Waals surface area contributed by atoms with Gasteiger partial charge in [-0.2, -0.15) is 0 Å². The molecule has 0 aliphatic heterocycles. The Morgan fingerprint density at radius 2 is 1.90 bits per heavy atom. The van der Waals surface area contributed by atoms with Crippen LogP contribution in [-0.2, 0) is 4.79 Å². The average molecular weight is 290 g/mol. The summed E-state index contributed by atoms with van der Waals surface area (Å²) in [5.41, 5.74) is -0.887. The van der Waals surface area contributed by atoms with Crippen molar-refractivity contribution >= 4 is 5.97 Å². The molecule has 2 rings (SSSR count). The van der Waals surface area contributed by atoms with Gasteiger partial charge < -0.3 is 10.2 Å². The smallest absolute Gasteiger partial charge is 0.328 e. The highest BCUT2D eigenvalue weighted by Crippen LogP contribution is 2.50. The van der Waals surface area contributed by atoms with Gasteiger partial charge in [0.05, 0.1) is 5.60 Å². The summed E-state index contributed by atoms with van der Waals surface area (Å²) in [5.74, 6) is 0.856. The van der Waals surface area contributed by atoms with E-state index in [2.05, 4.69) is 26.0 Å². The number of hydrogen-bond acceptors (Lipinski definition) is 2. The molecule has 0 spiro atoms. The van der Waals surface area contributed by atoms with Crippen LogP contribution in [0.15, 0.2) is 36.5 Å². The molecular weight excluding hydrogens is 264 g/mol. The van der Waals surface area contributed by atoms with Gasteiger partial charge >= 0.3 is 5.97 Å². The Morgan fingerprint density at radius 3 is 2.57 bits per heavy atom. The molecule has 0 aromatic carbocycles. The highest BCUT2D eigenvalue weighted by Gasteiger charge is 2.49. The van der Waals surface area contributed by atoms with E-state index in [0.717, 1.165) is 18.9 Å². The van der Waals surface area contributed by atoms with Crippen LogP contribution in [0.3, 0.4) is 0 Å². The zero-order valence-corrected chi connectivity index (χ0v) is 13.1. The first-order valence-electron chi connectivity index (χ1n) is 7.84. The van der Waals surface area contributed by atoms with Gasteiger partial charge in [-0.05, 0) is 30.6 Å². The molecule has 0 bridgehead atoms. The summed E-state index contributed by atoms with van der Waals surface area (Å²) in [4.78, 5) is 10.5. The van der Waals surface area contributed by atoms with Crippen molar-refractivity contribution in [2.45, 2.75) is 39.2 Å². The van der Waals surface area contributed by atoms with Gasteiger partial charge in [0.1, 0.15) is 0 Å². The van der Waals surface area contributed by atoms with Crippen molar-refractivity contribution < 1.29 is 15.0 Å². The second-order valence-electron chi connectivity index (χ2n) is 6.86. The molecule has 2 aliphatic carbocycles. The summed E-state index contributed by atoms with van der Waals surface area (Å²) in [5, 5.41) is 19.9. The van der Waals surface area contributed by atoms with Gasteiger partial charge in [-0.3, -0.25) is 0 Å². The van der Waals surface area contributed by atoms with Crippen LogP contribution in [0.2, 0.25) is 0 Å². The molecule has 1 fully saturated rings. The lowest BCUT2D eigenvalue weighted by atomic mass is 9.57. The zero-order chi connectivity index (χ0) is 15.6. The molecule has 6 atom stereocenters. The van der Waals surface area contributed by atoms with Crippen LogP contribution in [0, 0.1) is 29.6 Å². The van der Waals surface area contributed by atoms with Gasteiger partial charge in [-0.1, -0.05) is 51.2 Å². The minimum absolute atomic E-state index is 0.0454. The van der Waals surface area contributed by atoms with Crippen LogP contribution in [0.5, 0.6) is 0 Å². The van der Waals surface area contributed by atoms with E-state index >= 15 is 0 Å². The Bertz CT molecular complexity index is 477. The molecule has 3 heteroatoms. The molecule has 0 aromatic rings. The van der Waals surface area contributed by atoms with Crippen LogP contribution in [-0.4, -0.2) is 21.8 Å². The lowest BCUT2D eigenvalue weighted by Crippen LogP contribution is -2.52. The molecule has 2 N–H and O–H groups in total. The fraction of sp³-hybridized carbons (Fsp3) is 0.611. The van der Waals surface area contributed by atoms with Gasteiger partial charge in [0.25, 0.3) is 0 Å². The van der Waals surface area contributed by atoms with Crippen molar-refractivity contribution in [3.05, 3.63) is 36.5 Å². The summed E-state index contributed by atoms with van der Waals surface area (Å²) in [6.07, 6.45) is 12.7. The van der Waals surface area contributed by atoms with E-state index in [1.54, 1.807) is 12.2 Å². The van der Waals surface area contributed by atoms with Gasteiger partial charge in [0.15, 0.2) is 0 Å². The van der Waals surface area contributed by atoms with Crippen molar-refractivity contribution in [1.82, 2.24) is 0 Å². The molecular formula is C18H26O3. The fourth-order valence-corrected chi connectivity index (χ4v) is 4.29. The lowest BCUT2D eigenvalue weighted by molar-refractivity contribution is -0.131. The molecule has 0 heterocycles. The number of carboxylic acid groups (broad SMARTS) is 1. The molecule has 116 valence electrons. The Hall–Kier alpha value is -1.35. The van der Waals surface area contributed by atoms with Crippen molar-refractivity contribution in [3.63, 3.8) is 0 Å². The molecule has 0 aromatic heterocycles. The monoisotopic (exact) mass is 290 g/mol. The van der Waals surface area contributed by atoms with E-state index in [1.807, 2.05) is 6.92 Å². The third-order valence-electron chi connectivity index (χ3n) is 5.15. The van der Waals surface area contributed by atoms with Crippen LogP contribution in [0.25, 0.3) is 0 Å². The van der Waals surface area contributed by atoms with Gasteiger partial charge in [0.2, 0.25) is 0 Å². The average Bonchev–Trinajstić information content (AvgIpc) is 2.38. The first kappa shape index (κ1) is 16.0. The van der Waals surface area contributed by atoms with Crippen LogP contribution in [0.1, 0.15) is 33.6 Å². The van der Waals surface area contributed by atoms with E-state index in [-0.39, 0.29) is 11.8 Å². The standard InChI is InChI=1S/C18H26O3/c1-12-10-13(2)17-15(11-12)8-7-14(3)18(17,21)9-5-4-6-16(19)20/h4-9,12-15,17,21H,10-11H2,1-3H3,(H,19,20)/b6-4+,9-5+/t12-,13?,14-,15-,17?,18+/m0/s1. The van der Waals surface area contributed by atoms with E-state index in [0.29, 0.717) is 17.8 Å². The summed E-state index contributed by atoms with van der Waals surface area (Å²) in [6.45, 7) is 6.54. The first-order chi connectivity index (χ1) is 9.84. The molecule has 1 saturated carbocycles. The SMILES string of the molecule is CC1C[C@H](C)C[C@@H]2C=C[C@H](C)[C@](O)(/C=C/C=C/C(=O)O)C12. The summed E-state index contributed by atoms with van der Waals surface area (Å²) < 4.78 is 0. The Morgan fingerprint density at radius 1 is 1.19 bits per heavy atom. The topological polar surface area (TPSA) is 57.5 Å². The molecule has 21 heavy (non-hydrogen) atoms. The van der Waals surface area contributed by atoms with Crippen LogP contribution >= 0.6 is 0 Å². The van der Waals surface area contributed by atoms with Gasteiger partial charge in [-0.15, -0.1) is 0 Å². The second kappa shape index (κ2) is 6.18. The molecule has 2 aliphatic rings. The predicted molar refractivity (Wildman–Crippen MR) is 83.7 cm³/mol. The molecule has 0 saturated heterocycles. The van der Waals surface area contributed by atoms with E-state index in [9.17, 15) is 9.90 Å². The maximum absolute atomic E-state index is 11.2. The van der Waals surface area contributed by atoms with Gasteiger partial charge in [-0.25, -0.2) is 4.79 Å². The maximum Gasteiger partial charge on any atom is 0.328 e. The number of allylic oxidation sites excluding steroid dienone is 3. The quantitative estimate of drug-likeness (QED) is 0.476. The summed E-state index contributed by atoms with van der Waals surface area (Å²) in [7, 11) is 0. The third kappa shape index (κ3) is 3.29. The van der Waals surface area contributed by atoms with E-state index in [4.69, 9.17) is 5.11 Å². The number of aliphatic hydroxyl groups is 1. The largest absolute Gasteiger partial charge is 0.478 e. The first-order valence-corrected chi connectivity index (χ1v) is 7.84. The normalized spacial score (nSPS) is 43.3. The number of hydrogen-bond donors (Lipinski definition) is 2. The number of carboxylic acids is 1. The number of aliphatic carboxylic acids is 1. The Labute approximate surface area is 127 Å². The highest BCUT2D eigenvalue weighted by molar-refractivity contribution is 5.80. The van der Waals surface area contributed by atoms with Crippen LogP contribution in [0.4, 0.5) is 0 Å². The van der Waals surface area contributed by atoms with Crippen molar-refractivity contribution in [1.29, 1.82) is 0 Å². The summed E-state index contributed by atoms with van der Waals surface area (Å²) >= 11 is 0. The minimum Gasteiger partial charge on any atom is -0.478 e. The van der Waals surface area contributed by atoms with Gasteiger partial charge in [0, 0.05) is 17.9 Å². The molecule has 3 nitrogen and oxygen atoms in total. The maximum atomic E-state index is 11.2. The van der Waals surface area contributed by atoms with Crippen molar-refractivity contribution in [2.24, 2.45) is 29.6 Å². The van der Waals surface area contributed by atoms with Crippen molar-refractivity contribution in [3.8, 4) is 0 Å².